The molecule has 0 unspecified atom stereocenters. The van der Waals surface area contributed by atoms with E-state index in [0.29, 0.717) is 13.0 Å². The molecule has 1 aliphatic heterocycles. The molecule has 2 aromatic carbocycles. The average Bonchev–Trinajstić information content (AvgIpc) is 2.77. The van der Waals surface area contributed by atoms with Crippen LogP contribution in [0.3, 0.4) is 0 Å². The molecule has 1 saturated heterocycles. The largest absolute Gasteiger partial charge is 0.444 e. The molecule has 0 bridgehead atoms. The van der Waals surface area contributed by atoms with Crippen LogP contribution in [0.4, 0.5) is 4.79 Å². The summed E-state index contributed by atoms with van der Waals surface area (Å²) in [5, 5.41) is 6.16. The quantitative estimate of drug-likeness (QED) is 0.679. The Morgan fingerprint density at radius 3 is 2.00 bits per heavy atom. The van der Waals surface area contributed by atoms with Crippen molar-refractivity contribution in [1.82, 2.24) is 15.5 Å². The number of nitrogens with zero attached hydrogens (tertiary/aromatic N) is 1. The van der Waals surface area contributed by atoms with Crippen molar-refractivity contribution in [2.75, 3.05) is 19.6 Å². The minimum atomic E-state index is -0.491. The highest BCUT2D eigenvalue weighted by Gasteiger charge is 2.24. The van der Waals surface area contributed by atoms with E-state index in [1.807, 2.05) is 81.4 Å². The Hall–Kier alpha value is -2.86. The van der Waals surface area contributed by atoms with Gasteiger partial charge < -0.3 is 20.3 Å². The molecule has 1 heterocycles. The molecule has 0 saturated carbocycles. The van der Waals surface area contributed by atoms with Gasteiger partial charge >= 0.3 is 6.09 Å². The van der Waals surface area contributed by atoms with Gasteiger partial charge in [-0.3, -0.25) is 4.79 Å². The van der Waals surface area contributed by atoms with E-state index < -0.39 is 5.60 Å². The second kappa shape index (κ2) is 11.1. The highest BCUT2D eigenvalue weighted by atomic mass is 16.6. The SMILES string of the molecule is CC(C)(C)OC(=O)NC1CCN(CCC(=O)NC(c2ccccc2)c2ccccc2)CC1. The van der Waals surface area contributed by atoms with Crippen molar-refractivity contribution in [2.24, 2.45) is 0 Å². The lowest BCUT2D eigenvalue weighted by molar-refractivity contribution is -0.122. The lowest BCUT2D eigenvalue weighted by atomic mass is 9.98. The van der Waals surface area contributed by atoms with E-state index >= 15 is 0 Å². The molecule has 2 N–H and O–H groups in total. The molecule has 1 fully saturated rings. The van der Waals surface area contributed by atoms with Crippen molar-refractivity contribution in [3.63, 3.8) is 0 Å². The Labute approximate surface area is 191 Å². The zero-order chi connectivity index (χ0) is 23.0. The highest BCUT2D eigenvalue weighted by Crippen LogP contribution is 2.22. The van der Waals surface area contributed by atoms with Crippen molar-refractivity contribution in [2.45, 2.75) is 57.7 Å². The van der Waals surface area contributed by atoms with Crippen LogP contribution in [0.5, 0.6) is 0 Å². The molecule has 0 atom stereocenters. The molecular formula is C26H35N3O3. The second-order valence-corrected chi connectivity index (χ2v) is 9.33. The zero-order valence-corrected chi connectivity index (χ0v) is 19.3. The van der Waals surface area contributed by atoms with Gasteiger partial charge in [-0.15, -0.1) is 0 Å². The van der Waals surface area contributed by atoms with E-state index in [4.69, 9.17) is 4.74 Å². The van der Waals surface area contributed by atoms with Gasteiger partial charge in [0.15, 0.2) is 0 Å². The number of carbonyl (C=O) groups is 2. The maximum Gasteiger partial charge on any atom is 0.407 e. The van der Waals surface area contributed by atoms with Crippen LogP contribution in [0.2, 0.25) is 0 Å². The van der Waals surface area contributed by atoms with Gasteiger partial charge in [0.25, 0.3) is 0 Å². The number of carbonyl (C=O) groups excluding carboxylic acids is 2. The minimum absolute atomic E-state index is 0.0386. The summed E-state index contributed by atoms with van der Waals surface area (Å²) in [6.07, 6.45) is 1.80. The minimum Gasteiger partial charge on any atom is -0.444 e. The van der Waals surface area contributed by atoms with Crippen LogP contribution in [0.15, 0.2) is 60.7 Å². The van der Waals surface area contributed by atoms with E-state index in [-0.39, 0.29) is 24.1 Å². The monoisotopic (exact) mass is 437 g/mol. The third kappa shape index (κ3) is 7.68. The van der Waals surface area contributed by atoms with Gasteiger partial charge in [0.2, 0.25) is 5.91 Å². The molecular weight excluding hydrogens is 402 g/mol. The van der Waals surface area contributed by atoms with Crippen LogP contribution >= 0.6 is 0 Å². The van der Waals surface area contributed by atoms with Crippen molar-refractivity contribution < 1.29 is 14.3 Å². The molecule has 1 aliphatic rings. The van der Waals surface area contributed by atoms with Gasteiger partial charge in [-0.2, -0.15) is 0 Å². The lowest BCUT2D eigenvalue weighted by Crippen LogP contribution is -2.46. The van der Waals surface area contributed by atoms with Crippen LogP contribution in [-0.2, 0) is 9.53 Å². The van der Waals surface area contributed by atoms with Gasteiger partial charge in [0, 0.05) is 32.1 Å². The number of nitrogens with one attached hydrogen (secondary N) is 2. The van der Waals surface area contributed by atoms with Crippen molar-refractivity contribution in [3.8, 4) is 0 Å². The number of alkyl carbamates (subject to hydrolysis) is 1. The fourth-order valence-corrected chi connectivity index (χ4v) is 3.92. The fraction of sp³-hybridized carbons (Fsp3) is 0.462. The smallest absolute Gasteiger partial charge is 0.407 e. The summed E-state index contributed by atoms with van der Waals surface area (Å²) < 4.78 is 5.34. The summed E-state index contributed by atoms with van der Waals surface area (Å²) in [6, 6.07) is 20.1. The first-order chi connectivity index (χ1) is 15.3. The lowest BCUT2D eigenvalue weighted by Gasteiger charge is -2.32. The van der Waals surface area contributed by atoms with Crippen LogP contribution in [0.1, 0.15) is 57.2 Å². The average molecular weight is 438 g/mol. The molecule has 6 nitrogen and oxygen atoms in total. The Kier molecular flexibility index (Phi) is 8.28. The summed E-state index contributed by atoms with van der Waals surface area (Å²) in [5.41, 5.74) is 1.65. The van der Waals surface area contributed by atoms with Gasteiger partial charge in [-0.25, -0.2) is 4.79 Å². The normalized spacial score (nSPS) is 15.4. The first-order valence-electron chi connectivity index (χ1n) is 11.4. The number of rotatable bonds is 7. The van der Waals surface area contributed by atoms with E-state index in [2.05, 4.69) is 15.5 Å². The Morgan fingerprint density at radius 2 is 1.50 bits per heavy atom. The van der Waals surface area contributed by atoms with Crippen molar-refractivity contribution >= 4 is 12.0 Å². The molecule has 0 aromatic heterocycles. The maximum absolute atomic E-state index is 12.8. The fourth-order valence-electron chi connectivity index (χ4n) is 3.92. The molecule has 6 heteroatoms. The Bertz CT molecular complexity index is 817. The standard InChI is InChI=1S/C26H35N3O3/c1-26(2,3)32-25(31)27-22-14-17-29(18-15-22)19-16-23(30)28-24(20-10-6-4-7-11-20)21-12-8-5-9-13-21/h4-13,22,24H,14-19H2,1-3H3,(H,27,31)(H,28,30). The Balaban J connectivity index is 1.46. The number of likely N-dealkylation sites (tertiary alicyclic amines) is 1. The first kappa shape index (κ1) is 23.8. The molecule has 0 spiro atoms. The number of piperidine rings is 1. The summed E-state index contributed by atoms with van der Waals surface area (Å²) in [6.45, 7) is 8.01. The van der Waals surface area contributed by atoms with Gasteiger partial charge in [-0.1, -0.05) is 60.7 Å². The molecule has 2 aromatic rings. The second-order valence-electron chi connectivity index (χ2n) is 9.33. The predicted molar refractivity (Wildman–Crippen MR) is 126 cm³/mol. The molecule has 0 aliphatic carbocycles. The topological polar surface area (TPSA) is 70.7 Å². The summed E-state index contributed by atoms with van der Waals surface area (Å²) in [5.74, 6) is 0.0386. The van der Waals surface area contributed by atoms with Crippen molar-refractivity contribution in [1.29, 1.82) is 0 Å². The van der Waals surface area contributed by atoms with E-state index in [1.165, 1.54) is 0 Å². The summed E-state index contributed by atoms with van der Waals surface area (Å²) in [4.78, 5) is 27.0. The van der Waals surface area contributed by atoms with Crippen LogP contribution in [-0.4, -0.2) is 48.2 Å². The van der Waals surface area contributed by atoms with E-state index in [9.17, 15) is 9.59 Å². The van der Waals surface area contributed by atoms with Crippen LogP contribution in [0.25, 0.3) is 0 Å². The molecule has 3 rings (SSSR count). The molecule has 0 radical (unpaired) electrons. The molecule has 172 valence electrons. The van der Waals surface area contributed by atoms with E-state index in [1.54, 1.807) is 0 Å². The molecule has 32 heavy (non-hydrogen) atoms. The summed E-state index contributed by atoms with van der Waals surface area (Å²) >= 11 is 0. The number of benzene rings is 2. The van der Waals surface area contributed by atoms with Gasteiger partial charge in [-0.05, 0) is 44.7 Å². The first-order valence-corrected chi connectivity index (χ1v) is 11.4. The predicted octanol–water partition coefficient (Wildman–Crippen LogP) is 4.27. The maximum atomic E-state index is 12.8. The van der Waals surface area contributed by atoms with Crippen molar-refractivity contribution in [3.05, 3.63) is 71.8 Å². The van der Waals surface area contributed by atoms with E-state index in [0.717, 1.165) is 37.1 Å². The van der Waals surface area contributed by atoms with Gasteiger partial charge in [0.05, 0.1) is 6.04 Å². The van der Waals surface area contributed by atoms with Crippen LogP contribution < -0.4 is 10.6 Å². The number of ether oxygens (including phenoxy) is 1. The Morgan fingerprint density at radius 1 is 0.969 bits per heavy atom. The number of hydrogen-bond donors (Lipinski definition) is 2. The zero-order valence-electron chi connectivity index (χ0n) is 19.3. The highest BCUT2D eigenvalue weighted by molar-refractivity contribution is 5.77. The number of amides is 2. The van der Waals surface area contributed by atoms with Gasteiger partial charge in [0.1, 0.15) is 5.60 Å². The number of hydrogen-bond acceptors (Lipinski definition) is 4. The summed E-state index contributed by atoms with van der Waals surface area (Å²) in [7, 11) is 0. The molecule has 2 amide bonds. The van der Waals surface area contributed by atoms with Crippen LogP contribution in [0, 0.1) is 0 Å². The third-order valence-electron chi connectivity index (χ3n) is 5.53. The third-order valence-corrected chi connectivity index (χ3v) is 5.53.